The van der Waals surface area contributed by atoms with Crippen LogP contribution in [0.25, 0.3) is 0 Å². The molecule has 14 heavy (non-hydrogen) atoms. The first-order chi connectivity index (χ1) is 6.74. The molecule has 0 aliphatic heterocycles. The fourth-order valence-electron chi connectivity index (χ4n) is 1.04. The van der Waals surface area contributed by atoms with E-state index >= 15 is 0 Å². The standard InChI is InChI=1S/C12H16O2/c1-10(2)8-9-14-12-7-5-4-6-11(12)13-3/h4-8H,9H2,1-3H3. The van der Waals surface area contributed by atoms with Crippen LogP contribution in [0.4, 0.5) is 0 Å². The Morgan fingerprint density at radius 1 is 1.21 bits per heavy atom. The van der Waals surface area contributed by atoms with Crippen molar-refractivity contribution in [3.63, 3.8) is 0 Å². The zero-order valence-corrected chi connectivity index (χ0v) is 8.91. The van der Waals surface area contributed by atoms with Crippen LogP contribution in [-0.4, -0.2) is 13.7 Å². The summed E-state index contributed by atoms with van der Waals surface area (Å²) in [6.45, 7) is 4.68. The SMILES string of the molecule is COc1ccccc1OCC=C(C)C. The molecule has 1 rings (SSSR count). The first kappa shape index (κ1) is 10.6. The van der Waals surface area contributed by atoms with Gasteiger partial charge in [0.1, 0.15) is 6.61 Å². The molecule has 0 aromatic heterocycles. The van der Waals surface area contributed by atoms with Gasteiger partial charge in [-0.15, -0.1) is 0 Å². The summed E-state index contributed by atoms with van der Waals surface area (Å²) >= 11 is 0. The fourth-order valence-corrected chi connectivity index (χ4v) is 1.04. The minimum Gasteiger partial charge on any atom is -0.493 e. The van der Waals surface area contributed by atoms with Crippen molar-refractivity contribution in [2.45, 2.75) is 13.8 Å². The van der Waals surface area contributed by atoms with Crippen LogP contribution in [0, 0.1) is 0 Å². The van der Waals surface area contributed by atoms with E-state index in [-0.39, 0.29) is 0 Å². The molecule has 76 valence electrons. The highest BCUT2D eigenvalue weighted by Gasteiger charge is 2.00. The van der Waals surface area contributed by atoms with E-state index in [1.807, 2.05) is 44.2 Å². The summed E-state index contributed by atoms with van der Waals surface area (Å²) in [5.74, 6) is 1.56. The third-order valence-corrected chi connectivity index (χ3v) is 1.80. The molecule has 0 aliphatic carbocycles. The smallest absolute Gasteiger partial charge is 0.161 e. The van der Waals surface area contributed by atoms with Crippen molar-refractivity contribution < 1.29 is 9.47 Å². The third kappa shape index (κ3) is 3.13. The largest absolute Gasteiger partial charge is 0.493 e. The van der Waals surface area contributed by atoms with Crippen LogP contribution in [0.15, 0.2) is 35.9 Å². The van der Waals surface area contributed by atoms with Crippen LogP contribution in [0.3, 0.4) is 0 Å². The Labute approximate surface area is 85.2 Å². The molecule has 0 unspecified atom stereocenters. The van der Waals surface area contributed by atoms with E-state index < -0.39 is 0 Å². The van der Waals surface area contributed by atoms with E-state index in [0.29, 0.717) is 6.61 Å². The molecule has 0 fully saturated rings. The summed E-state index contributed by atoms with van der Waals surface area (Å²) in [4.78, 5) is 0. The van der Waals surface area contributed by atoms with Gasteiger partial charge in [-0.25, -0.2) is 0 Å². The Morgan fingerprint density at radius 2 is 1.86 bits per heavy atom. The molecular weight excluding hydrogens is 176 g/mol. The Kier molecular flexibility index (Phi) is 4.05. The summed E-state index contributed by atoms with van der Waals surface area (Å²) in [6, 6.07) is 7.64. The van der Waals surface area contributed by atoms with Crippen LogP contribution >= 0.6 is 0 Å². The highest BCUT2D eigenvalue weighted by atomic mass is 16.5. The highest BCUT2D eigenvalue weighted by Crippen LogP contribution is 2.25. The predicted octanol–water partition coefficient (Wildman–Crippen LogP) is 3.04. The van der Waals surface area contributed by atoms with Gasteiger partial charge in [-0.05, 0) is 32.1 Å². The van der Waals surface area contributed by atoms with Gasteiger partial charge in [0, 0.05) is 0 Å². The van der Waals surface area contributed by atoms with Gasteiger partial charge >= 0.3 is 0 Å². The van der Waals surface area contributed by atoms with Gasteiger partial charge in [-0.3, -0.25) is 0 Å². The van der Waals surface area contributed by atoms with Crippen LogP contribution in [0.1, 0.15) is 13.8 Å². The molecule has 1 aromatic rings. The van der Waals surface area contributed by atoms with Gasteiger partial charge in [0.25, 0.3) is 0 Å². The second-order valence-corrected chi connectivity index (χ2v) is 3.24. The molecular formula is C12H16O2. The number of allylic oxidation sites excluding steroid dienone is 1. The van der Waals surface area contributed by atoms with E-state index in [1.54, 1.807) is 7.11 Å². The number of ether oxygens (including phenoxy) is 2. The quantitative estimate of drug-likeness (QED) is 0.683. The highest BCUT2D eigenvalue weighted by molar-refractivity contribution is 5.39. The molecule has 0 atom stereocenters. The van der Waals surface area contributed by atoms with Crippen molar-refractivity contribution in [1.82, 2.24) is 0 Å². The molecule has 0 saturated carbocycles. The third-order valence-electron chi connectivity index (χ3n) is 1.80. The second kappa shape index (κ2) is 5.32. The Bertz CT molecular complexity index is 312. The molecule has 0 radical (unpaired) electrons. The number of benzene rings is 1. The number of methoxy groups -OCH3 is 1. The monoisotopic (exact) mass is 192 g/mol. The Balaban J connectivity index is 2.62. The normalized spacial score (nSPS) is 9.36. The Morgan fingerprint density at radius 3 is 2.43 bits per heavy atom. The average molecular weight is 192 g/mol. The minimum atomic E-state index is 0.586. The second-order valence-electron chi connectivity index (χ2n) is 3.24. The van der Waals surface area contributed by atoms with Crippen LogP contribution in [0.5, 0.6) is 11.5 Å². The predicted molar refractivity (Wildman–Crippen MR) is 57.9 cm³/mol. The molecule has 0 saturated heterocycles. The van der Waals surface area contributed by atoms with E-state index in [2.05, 4.69) is 0 Å². The first-order valence-electron chi connectivity index (χ1n) is 4.63. The molecule has 0 N–H and O–H groups in total. The lowest BCUT2D eigenvalue weighted by atomic mass is 10.3. The lowest BCUT2D eigenvalue weighted by molar-refractivity contribution is 0.326. The van der Waals surface area contributed by atoms with Gasteiger partial charge < -0.3 is 9.47 Å². The van der Waals surface area contributed by atoms with Gasteiger partial charge in [0.2, 0.25) is 0 Å². The van der Waals surface area contributed by atoms with Crippen molar-refractivity contribution in [2.75, 3.05) is 13.7 Å². The molecule has 0 spiro atoms. The van der Waals surface area contributed by atoms with Gasteiger partial charge in [-0.1, -0.05) is 17.7 Å². The van der Waals surface area contributed by atoms with Crippen LogP contribution in [-0.2, 0) is 0 Å². The zero-order chi connectivity index (χ0) is 10.4. The molecule has 2 nitrogen and oxygen atoms in total. The van der Waals surface area contributed by atoms with Crippen molar-refractivity contribution in [3.8, 4) is 11.5 Å². The lowest BCUT2D eigenvalue weighted by Gasteiger charge is -2.08. The fraction of sp³-hybridized carbons (Fsp3) is 0.333. The molecule has 0 bridgehead atoms. The summed E-state index contributed by atoms with van der Waals surface area (Å²) in [6.07, 6.45) is 2.03. The van der Waals surface area contributed by atoms with Crippen LogP contribution < -0.4 is 9.47 Å². The van der Waals surface area contributed by atoms with E-state index in [1.165, 1.54) is 5.57 Å². The van der Waals surface area contributed by atoms with E-state index in [4.69, 9.17) is 9.47 Å². The topological polar surface area (TPSA) is 18.5 Å². The molecule has 2 heteroatoms. The first-order valence-corrected chi connectivity index (χ1v) is 4.63. The van der Waals surface area contributed by atoms with E-state index in [0.717, 1.165) is 11.5 Å². The average Bonchev–Trinajstić information content (AvgIpc) is 2.18. The maximum Gasteiger partial charge on any atom is 0.161 e. The van der Waals surface area contributed by atoms with Crippen molar-refractivity contribution >= 4 is 0 Å². The number of hydrogen-bond acceptors (Lipinski definition) is 2. The van der Waals surface area contributed by atoms with Gasteiger partial charge in [0.05, 0.1) is 7.11 Å². The number of para-hydroxylation sites is 2. The maximum absolute atomic E-state index is 5.54. The summed E-state index contributed by atoms with van der Waals surface area (Å²) in [7, 11) is 1.64. The van der Waals surface area contributed by atoms with E-state index in [9.17, 15) is 0 Å². The molecule has 1 aromatic carbocycles. The Hall–Kier alpha value is -1.44. The molecule has 0 amide bonds. The number of hydrogen-bond donors (Lipinski definition) is 0. The summed E-state index contributed by atoms with van der Waals surface area (Å²) < 4.78 is 10.7. The summed E-state index contributed by atoms with van der Waals surface area (Å²) in [5.41, 5.74) is 1.25. The maximum atomic E-state index is 5.54. The van der Waals surface area contributed by atoms with Crippen molar-refractivity contribution in [2.24, 2.45) is 0 Å². The minimum absolute atomic E-state index is 0.586. The van der Waals surface area contributed by atoms with Crippen LogP contribution in [0.2, 0.25) is 0 Å². The van der Waals surface area contributed by atoms with Gasteiger partial charge in [0.15, 0.2) is 11.5 Å². The number of rotatable bonds is 4. The van der Waals surface area contributed by atoms with Crippen molar-refractivity contribution in [3.05, 3.63) is 35.9 Å². The summed E-state index contributed by atoms with van der Waals surface area (Å²) in [5, 5.41) is 0. The lowest BCUT2D eigenvalue weighted by Crippen LogP contribution is -1.96. The van der Waals surface area contributed by atoms with Crippen molar-refractivity contribution in [1.29, 1.82) is 0 Å². The molecule has 0 heterocycles. The zero-order valence-electron chi connectivity index (χ0n) is 8.91. The molecule has 0 aliphatic rings. The van der Waals surface area contributed by atoms with Gasteiger partial charge in [-0.2, -0.15) is 0 Å².